The van der Waals surface area contributed by atoms with Crippen molar-refractivity contribution in [3.05, 3.63) is 65.0 Å². The van der Waals surface area contributed by atoms with Crippen LogP contribution in [0, 0.1) is 11.7 Å². The minimum atomic E-state index is -0.346. The number of methoxy groups -OCH3 is 1. The summed E-state index contributed by atoms with van der Waals surface area (Å²) in [6, 6.07) is 12.3. The number of hydrogen-bond donors (Lipinski definition) is 1. The lowest BCUT2D eigenvalue weighted by molar-refractivity contribution is 0.0600. The minimum Gasteiger partial charge on any atom is -0.465 e. The minimum absolute atomic E-state index is 0.0714. The van der Waals surface area contributed by atoms with E-state index in [1.807, 2.05) is 12.1 Å². The highest BCUT2D eigenvalue weighted by Gasteiger charge is 2.41. The van der Waals surface area contributed by atoms with Crippen molar-refractivity contribution >= 4 is 11.7 Å². The maximum absolute atomic E-state index is 13.6. The summed E-state index contributed by atoms with van der Waals surface area (Å²) in [5.74, 6) is -0.352. The van der Waals surface area contributed by atoms with Crippen LogP contribution >= 0.6 is 0 Å². The van der Waals surface area contributed by atoms with Gasteiger partial charge in [0.2, 0.25) is 0 Å². The fourth-order valence-electron chi connectivity index (χ4n) is 3.72. The van der Waals surface area contributed by atoms with Gasteiger partial charge in [0.25, 0.3) is 0 Å². The molecule has 4 nitrogen and oxygen atoms in total. The molecule has 1 saturated heterocycles. The first-order chi connectivity index (χ1) is 11.7. The maximum atomic E-state index is 13.6. The molecule has 0 amide bonds. The zero-order valence-electron chi connectivity index (χ0n) is 13.3. The normalized spacial score (nSPS) is 24.7. The fourth-order valence-corrected chi connectivity index (χ4v) is 3.72. The molecule has 0 saturated carbocycles. The van der Waals surface area contributed by atoms with E-state index in [1.165, 1.54) is 13.2 Å². The number of nitrogens with one attached hydrogen (secondary N) is 1. The Hall–Kier alpha value is -2.40. The molecule has 0 aliphatic carbocycles. The predicted molar refractivity (Wildman–Crippen MR) is 87.3 cm³/mol. The number of carbonyl (C=O) groups excluding carboxylic acids is 1. The molecule has 0 radical (unpaired) electrons. The molecule has 2 aromatic carbocycles. The van der Waals surface area contributed by atoms with Crippen molar-refractivity contribution in [2.24, 2.45) is 5.92 Å². The predicted octanol–water partition coefficient (Wildman–Crippen LogP) is 3.86. The van der Waals surface area contributed by atoms with Gasteiger partial charge in [-0.1, -0.05) is 12.1 Å². The highest BCUT2D eigenvalue weighted by molar-refractivity contribution is 5.89. The largest absolute Gasteiger partial charge is 0.465 e. The number of esters is 1. The Balaban J connectivity index is 1.68. The standard InChI is InChI=1S/C19H18FNO3/c1-23-19(22)12-4-2-11(3-5-12)17-14-8-9-24-18(14)15-10-13(20)6-7-16(15)21-17/h2-7,10,14,17-18,21H,8-9H2,1H3/t14-,17+,18-/m1/s1. The van der Waals surface area contributed by atoms with Crippen LogP contribution in [0.25, 0.3) is 0 Å². The second-order valence-electron chi connectivity index (χ2n) is 6.21. The van der Waals surface area contributed by atoms with Gasteiger partial charge in [-0.15, -0.1) is 0 Å². The Morgan fingerprint density at radius 3 is 2.79 bits per heavy atom. The molecule has 0 bridgehead atoms. The lowest BCUT2D eigenvalue weighted by atomic mass is 9.81. The van der Waals surface area contributed by atoms with Crippen molar-refractivity contribution < 1.29 is 18.7 Å². The van der Waals surface area contributed by atoms with Gasteiger partial charge in [-0.25, -0.2) is 9.18 Å². The monoisotopic (exact) mass is 327 g/mol. The number of hydrogen-bond acceptors (Lipinski definition) is 4. The molecule has 3 atom stereocenters. The Morgan fingerprint density at radius 2 is 2.04 bits per heavy atom. The zero-order chi connectivity index (χ0) is 16.7. The van der Waals surface area contributed by atoms with Crippen LogP contribution in [0.15, 0.2) is 42.5 Å². The van der Waals surface area contributed by atoms with E-state index in [0.717, 1.165) is 23.2 Å². The summed E-state index contributed by atoms with van der Waals surface area (Å²) >= 11 is 0. The first-order valence-corrected chi connectivity index (χ1v) is 8.03. The van der Waals surface area contributed by atoms with E-state index in [2.05, 4.69) is 5.32 Å². The van der Waals surface area contributed by atoms with Crippen LogP contribution in [0.5, 0.6) is 0 Å². The average molecular weight is 327 g/mol. The molecular formula is C19H18FNO3. The SMILES string of the molecule is COC(=O)c1ccc([C@@H]2Nc3ccc(F)cc3[C@@H]3OCC[C@H]23)cc1. The van der Waals surface area contributed by atoms with Crippen molar-refractivity contribution in [2.45, 2.75) is 18.6 Å². The Kier molecular flexibility index (Phi) is 3.73. The summed E-state index contributed by atoms with van der Waals surface area (Å²) in [7, 11) is 1.37. The third-order valence-corrected chi connectivity index (χ3v) is 4.89. The van der Waals surface area contributed by atoms with Gasteiger partial charge in [0.1, 0.15) is 5.82 Å². The molecule has 1 N–H and O–H groups in total. The third kappa shape index (κ3) is 2.45. The van der Waals surface area contributed by atoms with Gasteiger partial charge >= 0.3 is 5.97 Å². The molecule has 2 aliphatic heterocycles. The molecular weight excluding hydrogens is 309 g/mol. The lowest BCUT2D eigenvalue weighted by Gasteiger charge is -2.36. The van der Waals surface area contributed by atoms with Gasteiger partial charge in [-0.3, -0.25) is 0 Å². The molecule has 0 unspecified atom stereocenters. The molecule has 1 fully saturated rings. The summed E-state index contributed by atoms with van der Waals surface area (Å²) in [5.41, 5.74) is 3.40. The first kappa shape index (κ1) is 15.1. The van der Waals surface area contributed by atoms with E-state index < -0.39 is 0 Å². The van der Waals surface area contributed by atoms with Gasteiger partial charge in [0.05, 0.1) is 24.8 Å². The highest BCUT2D eigenvalue weighted by atomic mass is 19.1. The summed E-state index contributed by atoms with van der Waals surface area (Å²) < 4.78 is 24.2. The molecule has 2 heterocycles. The van der Waals surface area contributed by atoms with Crippen LogP contribution < -0.4 is 5.32 Å². The summed E-state index contributed by atoms with van der Waals surface area (Å²) in [4.78, 5) is 11.6. The van der Waals surface area contributed by atoms with Crippen LogP contribution in [-0.2, 0) is 9.47 Å². The van der Waals surface area contributed by atoms with Crippen LogP contribution in [-0.4, -0.2) is 19.7 Å². The van der Waals surface area contributed by atoms with Gasteiger partial charge in [0, 0.05) is 23.8 Å². The van der Waals surface area contributed by atoms with Gasteiger partial charge in [0.15, 0.2) is 0 Å². The number of rotatable bonds is 2. The van der Waals surface area contributed by atoms with E-state index in [0.29, 0.717) is 12.2 Å². The molecule has 2 aliphatic rings. The van der Waals surface area contributed by atoms with E-state index >= 15 is 0 Å². The van der Waals surface area contributed by atoms with E-state index in [-0.39, 0.29) is 29.9 Å². The van der Waals surface area contributed by atoms with Gasteiger partial charge in [-0.05, 0) is 42.3 Å². The Morgan fingerprint density at radius 1 is 1.25 bits per heavy atom. The molecule has 2 aromatic rings. The van der Waals surface area contributed by atoms with Crippen LogP contribution in [0.4, 0.5) is 10.1 Å². The van der Waals surface area contributed by atoms with Crippen molar-refractivity contribution in [3.63, 3.8) is 0 Å². The summed E-state index contributed by atoms with van der Waals surface area (Å²) in [5, 5.41) is 3.51. The number of halogens is 1. The van der Waals surface area contributed by atoms with Crippen molar-refractivity contribution in [1.82, 2.24) is 0 Å². The number of anilines is 1. The number of ether oxygens (including phenoxy) is 2. The van der Waals surface area contributed by atoms with E-state index in [4.69, 9.17) is 9.47 Å². The van der Waals surface area contributed by atoms with E-state index in [9.17, 15) is 9.18 Å². The topological polar surface area (TPSA) is 47.6 Å². The zero-order valence-corrected chi connectivity index (χ0v) is 13.3. The quantitative estimate of drug-likeness (QED) is 0.851. The van der Waals surface area contributed by atoms with Crippen LogP contribution in [0.2, 0.25) is 0 Å². The van der Waals surface area contributed by atoms with Gasteiger partial charge in [-0.2, -0.15) is 0 Å². The lowest BCUT2D eigenvalue weighted by Crippen LogP contribution is -2.29. The molecule has 0 spiro atoms. The van der Waals surface area contributed by atoms with Crippen molar-refractivity contribution in [1.29, 1.82) is 0 Å². The van der Waals surface area contributed by atoms with Crippen molar-refractivity contribution in [3.8, 4) is 0 Å². The second kappa shape index (κ2) is 5.91. The summed E-state index contributed by atoms with van der Waals surface area (Å²) in [6.45, 7) is 0.670. The molecule has 124 valence electrons. The molecule has 0 aromatic heterocycles. The first-order valence-electron chi connectivity index (χ1n) is 8.03. The molecule has 4 rings (SSSR count). The average Bonchev–Trinajstić information content (AvgIpc) is 3.11. The number of carbonyl (C=O) groups is 1. The number of benzene rings is 2. The van der Waals surface area contributed by atoms with Crippen molar-refractivity contribution in [2.75, 3.05) is 19.0 Å². The van der Waals surface area contributed by atoms with E-state index in [1.54, 1.807) is 24.3 Å². The number of fused-ring (bicyclic) bond motifs is 3. The Labute approximate surface area is 139 Å². The smallest absolute Gasteiger partial charge is 0.337 e. The van der Waals surface area contributed by atoms with Gasteiger partial charge < -0.3 is 14.8 Å². The fraction of sp³-hybridized carbons (Fsp3) is 0.316. The molecule has 5 heteroatoms. The summed E-state index contributed by atoms with van der Waals surface area (Å²) in [6.07, 6.45) is 0.819. The van der Waals surface area contributed by atoms with Crippen LogP contribution in [0.1, 0.15) is 40.1 Å². The maximum Gasteiger partial charge on any atom is 0.337 e. The van der Waals surface area contributed by atoms with Crippen LogP contribution in [0.3, 0.4) is 0 Å². The third-order valence-electron chi connectivity index (χ3n) is 4.89. The highest BCUT2D eigenvalue weighted by Crippen LogP contribution is 2.49. The second-order valence-corrected chi connectivity index (χ2v) is 6.21. The Bertz CT molecular complexity index is 775. The molecule has 24 heavy (non-hydrogen) atoms.